The minimum atomic E-state index is -0.155. The molecule has 0 aliphatic carbocycles. The van der Waals surface area contributed by atoms with E-state index in [0.717, 1.165) is 11.3 Å². The van der Waals surface area contributed by atoms with Gasteiger partial charge in [-0.3, -0.25) is 4.79 Å². The zero-order chi connectivity index (χ0) is 11.5. The molecule has 0 saturated carbocycles. The summed E-state index contributed by atoms with van der Waals surface area (Å²) in [5.41, 5.74) is 3.47. The van der Waals surface area contributed by atoms with Gasteiger partial charge >= 0.3 is 0 Å². The first kappa shape index (κ1) is 10.8. The highest BCUT2D eigenvalue weighted by Crippen LogP contribution is 2.14. The van der Waals surface area contributed by atoms with Gasteiger partial charge in [0.05, 0.1) is 11.2 Å². The second-order valence-corrected chi connectivity index (χ2v) is 4.29. The molecule has 82 valence electrons. The highest BCUT2D eigenvalue weighted by Gasteiger charge is 2.11. The van der Waals surface area contributed by atoms with E-state index in [-0.39, 0.29) is 5.91 Å². The van der Waals surface area contributed by atoms with Crippen LogP contribution in [0, 0.1) is 13.8 Å². The maximum absolute atomic E-state index is 11.8. The molecule has 0 aromatic carbocycles. The number of pyridine rings is 1. The number of aromatic nitrogens is 2. The maximum atomic E-state index is 11.8. The van der Waals surface area contributed by atoms with E-state index in [1.54, 1.807) is 11.7 Å². The summed E-state index contributed by atoms with van der Waals surface area (Å²) in [5.74, 6) is 0.413. The molecule has 0 radical (unpaired) electrons. The van der Waals surface area contributed by atoms with Crippen molar-refractivity contribution in [1.82, 2.24) is 9.97 Å². The Morgan fingerprint density at radius 3 is 2.81 bits per heavy atom. The van der Waals surface area contributed by atoms with Crippen LogP contribution >= 0.6 is 11.3 Å². The second-order valence-electron chi connectivity index (χ2n) is 3.44. The summed E-state index contributed by atoms with van der Waals surface area (Å²) in [6.45, 7) is 3.77. The number of nitrogens with zero attached hydrogens (tertiary/aromatic N) is 2. The Hall–Kier alpha value is -1.75. The molecule has 0 fully saturated rings. The number of carbonyl (C=O) groups excluding carboxylic acids is 1. The highest BCUT2D eigenvalue weighted by atomic mass is 32.1. The number of hydrogen-bond donors (Lipinski definition) is 1. The lowest BCUT2D eigenvalue weighted by Gasteiger charge is -2.03. The third kappa shape index (κ3) is 2.25. The van der Waals surface area contributed by atoms with Crippen molar-refractivity contribution < 1.29 is 4.79 Å². The van der Waals surface area contributed by atoms with Crippen molar-refractivity contribution in [2.24, 2.45) is 0 Å². The summed E-state index contributed by atoms with van der Waals surface area (Å²) in [7, 11) is 0. The highest BCUT2D eigenvalue weighted by molar-refractivity contribution is 7.12. The van der Waals surface area contributed by atoms with Gasteiger partial charge in [-0.1, -0.05) is 0 Å². The molecule has 0 unspecified atom stereocenters. The Labute approximate surface area is 97.4 Å². The van der Waals surface area contributed by atoms with Gasteiger partial charge in [0, 0.05) is 6.20 Å². The fourth-order valence-corrected chi connectivity index (χ4v) is 2.00. The lowest BCUT2D eigenvalue weighted by atomic mass is 10.3. The molecule has 16 heavy (non-hydrogen) atoms. The van der Waals surface area contributed by atoms with Crippen molar-refractivity contribution >= 4 is 23.1 Å². The van der Waals surface area contributed by atoms with Crippen LogP contribution in [0.25, 0.3) is 0 Å². The van der Waals surface area contributed by atoms with E-state index in [1.165, 1.54) is 11.3 Å². The van der Waals surface area contributed by atoms with Gasteiger partial charge in [0.2, 0.25) is 0 Å². The number of amides is 1. The van der Waals surface area contributed by atoms with Gasteiger partial charge in [0.15, 0.2) is 0 Å². The van der Waals surface area contributed by atoms with Crippen molar-refractivity contribution in [3.05, 3.63) is 40.0 Å². The first-order chi connectivity index (χ1) is 7.66. The molecular formula is C11H11N3OS. The number of thiazole rings is 1. The van der Waals surface area contributed by atoms with Crippen molar-refractivity contribution in [2.45, 2.75) is 13.8 Å². The fourth-order valence-electron chi connectivity index (χ4n) is 1.30. The van der Waals surface area contributed by atoms with Crippen LogP contribution in [0.2, 0.25) is 0 Å². The number of hydrogen-bond acceptors (Lipinski definition) is 4. The first-order valence-electron chi connectivity index (χ1n) is 4.81. The van der Waals surface area contributed by atoms with Crippen LogP contribution in [-0.4, -0.2) is 15.9 Å². The van der Waals surface area contributed by atoms with Crippen molar-refractivity contribution in [3.63, 3.8) is 0 Å². The van der Waals surface area contributed by atoms with Crippen LogP contribution in [-0.2, 0) is 0 Å². The van der Waals surface area contributed by atoms with Crippen molar-refractivity contribution in [3.8, 4) is 0 Å². The minimum Gasteiger partial charge on any atom is -0.306 e. The SMILES string of the molecule is Cc1ccnc(NC(=O)c2scnc2C)c1. The predicted octanol–water partition coefficient (Wildman–Crippen LogP) is 2.41. The van der Waals surface area contributed by atoms with Gasteiger partial charge in [-0.15, -0.1) is 11.3 Å². The van der Waals surface area contributed by atoms with E-state index in [0.29, 0.717) is 10.7 Å². The van der Waals surface area contributed by atoms with Crippen LogP contribution in [0.15, 0.2) is 23.8 Å². The monoisotopic (exact) mass is 233 g/mol. The molecular weight excluding hydrogens is 222 g/mol. The second kappa shape index (κ2) is 4.40. The van der Waals surface area contributed by atoms with E-state index < -0.39 is 0 Å². The Kier molecular flexibility index (Phi) is 2.96. The van der Waals surface area contributed by atoms with Crippen LogP contribution in [0.5, 0.6) is 0 Å². The van der Waals surface area contributed by atoms with Gasteiger partial charge in [-0.05, 0) is 31.5 Å². The molecule has 2 rings (SSSR count). The maximum Gasteiger partial charge on any atom is 0.268 e. The van der Waals surface area contributed by atoms with Gasteiger partial charge in [0.1, 0.15) is 10.7 Å². The predicted molar refractivity (Wildman–Crippen MR) is 63.8 cm³/mol. The summed E-state index contributed by atoms with van der Waals surface area (Å²) < 4.78 is 0. The topological polar surface area (TPSA) is 54.9 Å². The molecule has 2 heterocycles. The largest absolute Gasteiger partial charge is 0.306 e. The first-order valence-corrected chi connectivity index (χ1v) is 5.69. The molecule has 1 N–H and O–H groups in total. The average Bonchev–Trinajstić information content (AvgIpc) is 2.64. The molecule has 0 aliphatic heterocycles. The summed E-state index contributed by atoms with van der Waals surface area (Å²) in [6.07, 6.45) is 1.67. The summed E-state index contributed by atoms with van der Waals surface area (Å²) in [5, 5.41) is 2.75. The Morgan fingerprint density at radius 2 is 2.19 bits per heavy atom. The van der Waals surface area contributed by atoms with E-state index in [2.05, 4.69) is 15.3 Å². The standard InChI is InChI=1S/C11H11N3OS/c1-7-3-4-12-9(5-7)14-11(15)10-8(2)13-6-16-10/h3-6H,1-2H3,(H,12,14,15). The average molecular weight is 233 g/mol. The molecule has 0 spiro atoms. The van der Waals surface area contributed by atoms with Gasteiger partial charge in [-0.2, -0.15) is 0 Å². The van der Waals surface area contributed by atoms with Gasteiger partial charge in [0.25, 0.3) is 5.91 Å². The Bertz CT molecular complexity index is 521. The van der Waals surface area contributed by atoms with Gasteiger partial charge in [-0.25, -0.2) is 9.97 Å². The fraction of sp³-hybridized carbons (Fsp3) is 0.182. The van der Waals surface area contributed by atoms with E-state index in [1.807, 2.05) is 26.0 Å². The van der Waals surface area contributed by atoms with Crippen LogP contribution < -0.4 is 5.32 Å². The van der Waals surface area contributed by atoms with Crippen molar-refractivity contribution in [1.29, 1.82) is 0 Å². The van der Waals surface area contributed by atoms with E-state index in [4.69, 9.17) is 0 Å². The molecule has 2 aromatic heterocycles. The zero-order valence-corrected chi connectivity index (χ0v) is 9.84. The van der Waals surface area contributed by atoms with Crippen molar-refractivity contribution in [2.75, 3.05) is 5.32 Å². The summed E-state index contributed by atoms with van der Waals surface area (Å²) in [4.78, 5) is 20.6. The summed E-state index contributed by atoms with van der Waals surface area (Å²) in [6, 6.07) is 3.71. The molecule has 5 heteroatoms. The third-order valence-electron chi connectivity index (χ3n) is 2.11. The summed E-state index contributed by atoms with van der Waals surface area (Å²) >= 11 is 1.33. The molecule has 0 bridgehead atoms. The molecule has 0 saturated heterocycles. The van der Waals surface area contributed by atoms with E-state index in [9.17, 15) is 4.79 Å². The number of anilines is 1. The quantitative estimate of drug-likeness (QED) is 0.866. The van der Waals surface area contributed by atoms with Crippen LogP contribution in [0.4, 0.5) is 5.82 Å². The lowest BCUT2D eigenvalue weighted by molar-refractivity contribution is 0.102. The molecule has 1 amide bonds. The molecule has 2 aromatic rings. The van der Waals surface area contributed by atoms with E-state index >= 15 is 0 Å². The molecule has 0 atom stereocenters. The van der Waals surface area contributed by atoms with Crippen LogP contribution in [0.1, 0.15) is 20.9 Å². The number of carbonyl (C=O) groups is 1. The normalized spacial score (nSPS) is 10.1. The van der Waals surface area contributed by atoms with Crippen LogP contribution in [0.3, 0.4) is 0 Å². The Balaban J connectivity index is 2.17. The molecule has 0 aliphatic rings. The molecule has 4 nitrogen and oxygen atoms in total. The Morgan fingerprint density at radius 1 is 1.38 bits per heavy atom. The minimum absolute atomic E-state index is 0.155. The number of nitrogens with one attached hydrogen (secondary N) is 1. The smallest absolute Gasteiger partial charge is 0.268 e. The number of aryl methyl sites for hydroxylation is 2. The van der Waals surface area contributed by atoms with Gasteiger partial charge < -0.3 is 5.32 Å². The lowest BCUT2D eigenvalue weighted by Crippen LogP contribution is -2.12. The third-order valence-corrected chi connectivity index (χ3v) is 3.04. The zero-order valence-electron chi connectivity index (χ0n) is 9.02. The number of rotatable bonds is 2.